The molecule has 0 spiro atoms. The molecule has 0 aliphatic rings. The van der Waals surface area contributed by atoms with Gasteiger partial charge in [0.15, 0.2) is 0 Å². The van der Waals surface area contributed by atoms with Crippen molar-refractivity contribution >= 4 is 15.9 Å². The number of rotatable bonds is 6. The fourth-order valence-electron chi connectivity index (χ4n) is 1.16. The molecule has 0 saturated heterocycles. The third-order valence-corrected chi connectivity index (χ3v) is 2.85. The minimum Gasteiger partial charge on any atom is -0.375 e. The molecule has 1 aromatic carbocycles. The van der Waals surface area contributed by atoms with Crippen LogP contribution in [0.25, 0.3) is 0 Å². The van der Waals surface area contributed by atoms with Crippen molar-refractivity contribution in [2.45, 2.75) is 13.5 Å². The predicted octanol–water partition coefficient (Wildman–Crippen LogP) is 2.71. The molecule has 1 aromatic rings. The van der Waals surface area contributed by atoms with Crippen LogP contribution in [-0.4, -0.2) is 19.7 Å². The van der Waals surface area contributed by atoms with Crippen molar-refractivity contribution in [1.82, 2.24) is 5.32 Å². The number of ether oxygens (including phenoxy) is 1. The van der Waals surface area contributed by atoms with Gasteiger partial charge in [0.25, 0.3) is 0 Å². The zero-order valence-corrected chi connectivity index (χ0v) is 10.3. The fourth-order valence-corrected chi connectivity index (χ4v) is 1.54. The maximum Gasteiger partial charge on any atom is 0.137 e. The van der Waals surface area contributed by atoms with E-state index < -0.39 is 0 Å². The molecule has 0 unspecified atom stereocenters. The van der Waals surface area contributed by atoms with E-state index in [1.165, 1.54) is 6.07 Å². The molecule has 0 radical (unpaired) electrons. The minimum absolute atomic E-state index is 0.247. The summed E-state index contributed by atoms with van der Waals surface area (Å²) in [6, 6.07) is 4.95. The van der Waals surface area contributed by atoms with Gasteiger partial charge in [-0.3, -0.25) is 0 Å². The zero-order valence-electron chi connectivity index (χ0n) is 8.72. The van der Waals surface area contributed by atoms with Gasteiger partial charge in [0.05, 0.1) is 17.7 Å². The second-order valence-corrected chi connectivity index (χ2v) is 3.91. The zero-order chi connectivity index (χ0) is 11.1. The molecular weight excluding hydrogens is 261 g/mol. The highest BCUT2D eigenvalue weighted by Gasteiger charge is 2.04. The van der Waals surface area contributed by atoms with Crippen molar-refractivity contribution in [3.63, 3.8) is 0 Å². The Hall–Kier alpha value is -0.450. The van der Waals surface area contributed by atoms with Crippen LogP contribution >= 0.6 is 15.9 Å². The van der Waals surface area contributed by atoms with E-state index >= 15 is 0 Å². The Morgan fingerprint density at radius 1 is 1.47 bits per heavy atom. The first kappa shape index (κ1) is 12.6. The van der Waals surface area contributed by atoms with Crippen LogP contribution in [0.1, 0.15) is 12.5 Å². The van der Waals surface area contributed by atoms with Crippen LogP contribution in [0.2, 0.25) is 0 Å². The van der Waals surface area contributed by atoms with Gasteiger partial charge in [-0.15, -0.1) is 0 Å². The van der Waals surface area contributed by atoms with Crippen LogP contribution in [0.4, 0.5) is 4.39 Å². The van der Waals surface area contributed by atoms with E-state index in [0.717, 1.165) is 18.7 Å². The molecule has 1 N–H and O–H groups in total. The van der Waals surface area contributed by atoms with Crippen molar-refractivity contribution < 1.29 is 9.13 Å². The van der Waals surface area contributed by atoms with E-state index in [1.807, 2.05) is 13.0 Å². The van der Waals surface area contributed by atoms with Gasteiger partial charge in [0, 0.05) is 6.54 Å². The normalized spacial score (nSPS) is 10.6. The first-order valence-corrected chi connectivity index (χ1v) is 5.76. The van der Waals surface area contributed by atoms with Gasteiger partial charge < -0.3 is 10.1 Å². The fraction of sp³-hybridized carbons (Fsp3) is 0.455. The molecule has 0 aliphatic carbocycles. The van der Waals surface area contributed by atoms with Gasteiger partial charge in [0.2, 0.25) is 0 Å². The molecule has 0 atom stereocenters. The van der Waals surface area contributed by atoms with E-state index in [1.54, 1.807) is 6.07 Å². The molecule has 0 saturated carbocycles. The monoisotopic (exact) mass is 275 g/mol. The van der Waals surface area contributed by atoms with Crippen molar-refractivity contribution in [3.05, 3.63) is 34.1 Å². The molecule has 0 aromatic heterocycles. The average Bonchev–Trinajstić information content (AvgIpc) is 2.24. The Bertz CT molecular complexity index is 307. The number of halogens is 2. The third-order valence-electron chi connectivity index (χ3n) is 1.96. The highest BCUT2D eigenvalue weighted by atomic mass is 79.9. The number of benzene rings is 1. The largest absolute Gasteiger partial charge is 0.375 e. The first-order valence-electron chi connectivity index (χ1n) is 4.97. The summed E-state index contributed by atoms with van der Waals surface area (Å²) in [7, 11) is 0. The smallest absolute Gasteiger partial charge is 0.137 e. The topological polar surface area (TPSA) is 21.3 Å². The SMILES string of the molecule is CCNCCOCc1cccc(F)c1Br. The van der Waals surface area contributed by atoms with E-state index in [-0.39, 0.29) is 5.82 Å². The summed E-state index contributed by atoms with van der Waals surface area (Å²) in [5.41, 5.74) is 0.839. The molecule has 0 fully saturated rings. The second kappa shape index (κ2) is 6.93. The average molecular weight is 276 g/mol. The lowest BCUT2D eigenvalue weighted by Gasteiger charge is -2.07. The number of likely N-dealkylation sites (N-methyl/N-ethyl adjacent to an activating group) is 1. The highest BCUT2D eigenvalue weighted by Crippen LogP contribution is 2.20. The molecule has 84 valence electrons. The lowest BCUT2D eigenvalue weighted by atomic mass is 10.2. The van der Waals surface area contributed by atoms with Crippen LogP contribution in [0.3, 0.4) is 0 Å². The number of nitrogens with one attached hydrogen (secondary N) is 1. The standard InChI is InChI=1S/C11H15BrFNO/c1-2-14-6-7-15-8-9-4-3-5-10(13)11(9)12/h3-5,14H,2,6-8H2,1H3. The van der Waals surface area contributed by atoms with Crippen molar-refractivity contribution in [3.8, 4) is 0 Å². The maximum absolute atomic E-state index is 13.1. The highest BCUT2D eigenvalue weighted by molar-refractivity contribution is 9.10. The van der Waals surface area contributed by atoms with E-state index in [2.05, 4.69) is 21.2 Å². The summed E-state index contributed by atoms with van der Waals surface area (Å²) in [6.45, 7) is 4.88. The minimum atomic E-state index is -0.247. The van der Waals surface area contributed by atoms with Crippen molar-refractivity contribution in [2.24, 2.45) is 0 Å². The van der Waals surface area contributed by atoms with E-state index in [0.29, 0.717) is 17.7 Å². The van der Waals surface area contributed by atoms with E-state index in [4.69, 9.17) is 4.74 Å². The predicted molar refractivity (Wildman–Crippen MR) is 62.3 cm³/mol. The molecule has 0 aliphatic heterocycles. The Labute approximate surface area is 98.0 Å². The van der Waals surface area contributed by atoms with Crippen LogP contribution in [0, 0.1) is 5.82 Å². The van der Waals surface area contributed by atoms with Gasteiger partial charge in [-0.1, -0.05) is 19.1 Å². The van der Waals surface area contributed by atoms with Crippen molar-refractivity contribution in [1.29, 1.82) is 0 Å². The Morgan fingerprint density at radius 2 is 2.27 bits per heavy atom. The number of hydrogen-bond acceptors (Lipinski definition) is 2. The Balaban J connectivity index is 2.34. The summed E-state index contributed by atoms with van der Waals surface area (Å²) in [5.74, 6) is -0.247. The molecule has 0 amide bonds. The molecule has 0 heterocycles. The summed E-state index contributed by atoms with van der Waals surface area (Å²) >= 11 is 3.19. The van der Waals surface area contributed by atoms with Gasteiger partial charge in [-0.05, 0) is 34.1 Å². The lowest BCUT2D eigenvalue weighted by molar-refractivity contribution is 0.122. The number of hydrogen-bond donors (Lipinski definition) is 1. The summed E-state index contributed by atoms with van der Waals surface area (Å²) < 4.78 is 19.0. The van der Waals surface area contributed by atoms with Gasteiger partial charge in [-0.2, -0.15) is 0 Å². The van der Waals surface area contributed by atoms with Gasteiger partial charge >= 0.3 is 0 Å². The van der Waals surface area contributed by atoms with Crippen LogP contribution in [-0.2, 0) is 11.3 Å². The first-order chi connectivity index (χ1) is 7.25. The molecule has 0 bridgehead atoms. The summed E-state index contributed by atoms with van der Waals surface area (Å²) in [4.78, 5) is 0. The molecule has 1 rings (SSSR count). The molecule has 2 nitrogen and oxygen atoms in total. The third kappa shape index (κ3) is 4.28. The maximum atomic E-state index is 13.1. The van der Waals surface area contributed by atoms with Gasteiger partial charge in [-0.25, -0.2) is 4.39 Å². The quantitative estimate of drug-likeness (QED) is 0.807. The van der Waals surface area contributed by atoms with Crippen molar-refractivity contribution in [2.75, 3.05) is 19.7 Å². The van der Waals surface area contributed by atoms with E-state index in [9.17, 15) is 4.39 Å². The lowest BCUT2D eigenvalue weighted by Crippen LogP contribution is -2.18. The van der Waals surface area contributed by atoms with Crippen LogP contribution in [0.15, 0.2) is 22.7 Å². The van der Waals surface area contributed by atoms with Crippen LogP contribution < -0.4 is 5.32 Å². The summed E-state index contributed by atoms with van der Waals surface area (Å²) in [6.07, 6.45) is 0. The summed E-state index contributed by atoms with van der Waals surface area (Å²) in [5, 5.41) is 3.15. The molecular formula is C11H15BrFNO. The molecule has 15 heavy (non-hydrogen) atoms. The second-order valence-electron chi connectivity index (χ2n) is 3.12. The van der Waals surface area contributed by atoms with Gasteiger partial charge in [0.1, 0.15) is 5.82 Å². The van der Waals surface area contributed by atoms with Crippen LogP contribution in [0.5, 0.6) is 0 Å². The Morgan fingerprint density at radius 3 is 3.00 bits per heavy atom. The molecule has 4 heteroatoms. The Kier molecular flexibility index (Phi) is 5.83.